The Bertz CT molecular complexity index is 1490. The van der Waals surface area contributed by atoms with E-state index in [0.29, 0.717) is 38.9 Å². The van der Waals surface area contributed by atoms with Crippen LogP contribution in [0.3, 0.4) is 0 Å². The molecule has 0 aliphatic carbocycles. The highest BCUT2D eigenvalue weighted by atomic mass is 79.9. The number of thiazole rings is 1. The molecule has 0 N–H and O–H groups in total. The van der Waals surface area contributed by atoms with Crippen LogP contribution in [0, 0.1) is 6.92 Å². The van der Waals surface area contributed by atoms with E-state index in [2.05, 4.69) is 20.9 Å². The smallest absolute Gasteiger partial charge is 0.297 e. The summed E-state index contributed by atoms with van der Waals surface area (Å²) >= 11 is 4.73. The zero-order valence-corrected chi connectivity index (χ0v) is 21.1. The average Bonchev–Trinajstić information content (AvgIpc) is 3.39. The van der Waals surface area contributed by atoms with Gasteiger partial charge in [-0.05, 0) is 42.8 Å². The molecule has 34 heavy (non-hydrogen) atoms. The van der Waals surface area contributed by atoms with Crippen molar-refractivity contribution in [2.24, 2.45) is 0 Å². The molecule has 1 atom stereocenters. The molecule has 0 bridgehead atoms. The molecule has 0 saturated carbocycles. The van der Waals surface area contributed by atoms with Crippen molar-refractivity contribution in [2.75, 3.05) is 26.2 Å². The quantitative estimate of drug-likeness (QED) is 0.346. The van der Waals surface area contributed by atoms with Crippen LogP contribution in [-0.4, -0.2) is 32.2 Å². The fourth-order valence-electron chi connectivity index (χ4n) is 4.17. The number of nitrogens with zero attached hydrogens (tertiary/aromatic N) is 2. The molecule has 8 nitrogen and oxygen atoms in total. The predicted molar refractivity (Wildman–Crippen MR) is 132 cm³/mol. The first-order valence-corrected chi connectivity index (χ1v) is 11.9. The maximum atomic E-state index is 13.8. The van der Waals surface area contributed by atoms with Crippen LogP contribution in [0.1, 0.15) is 33.4 Å². The summed E-state index contributed by atoms with van der Waals surface area (Å²) in [4.78, 5) is 33.4. The number of hydrogen-bond acceptors (Lipinski definition) is 8. The summed E-state index contributed by atoms with van der Waals surface area (Å²) in [5.74, 6) is 0.766. The summed E-state index contributed by atoms with van der Waals surface area (Å²) in [7, 11) is 4.53. The molecular weight excluding hydrogens is 524 g/mol. The van der Waals surface area contributed by atoms with E-state index in [1.54, 1.807) is 30.3 Å². The molecule has 2 aromatic heterocycles. The van der Waals surface area contributed by atoms with Gasteiger partial charge in [0.25, 0.3) is 5.91 Å². The predicted octanol–water partition coefficient (Wildman–Crippen LogP) is 5.10. The highest BCUT2D eigenvalue weighted by Gasteiger charge is 2.45. The van der Waals surface area contributed by atoms with Crippen LogP contribution in [0.5, 0.6) is 17.2 Å². The van der Waals surface area contributed by atoms with E-state index in [1.807, 2.05) is 12.3 Å². The molecule has 10 heteroatoms. The monoisotopic (exact) mass is 542 g/mol. The van der Waals surface area contributed by atoms with Crippen molar-refractivity contribution in [1.29, 1.82) is 0 Å². The first-order valence-electron chi connectivity index (χ1n) is 10.2. The number of aromatic nitrogens is 1. The largest absolute Gasteiger partial charge is 0.493 e. The first-order chi connectivity index (χ1) is 16.4. The number of hydrogen-bond donors (Lipinski definition) is 0. The molecule has 3 heterocycles. The Morgan fingerprint density at radius 1 is 1.06 bits per heavy atom. The van der Waals surface area contributed by atoms with Crippen LogP contribution < -0.4 is 24.5 Å². The van der Waals surface area contributed by atoms with Crippen molar-refractivity contribution < 1.29 is 23.4 Å². The van der Waals surface area contributed by atoms with Crippen molar-refractivity contribution in [3.8, 4) is 17.2 Å². The molecule has 0 spiro atoms. The molecule has 1 amide bonds. The Morgan fingerprint density at radius 2 is 1.76 bits per heavy atom. The zero-order valence-electron chi connectivity index (χ0n) is 18.7. The number of rotatable bonds is 5. The standard InChI is InChI=1S/C24H19BrN2O6S/c1-11-10-34-24(26-11)27-19(12-7-16(30-2)21(32-4)17(8-12)31-3)18-20(28)14-9-13(25)5-6-15(14)33-22(18)23(27)29/h5-10,19H,1-4H3. The zero-order chi connectivity index (χ0) is 24.1. The second kappa shape index (κ2) is 8.44. The van der Waals surface area contributed by atoms with Crippen LogP contribution in [0.2, 0.25) is 0 Å². The molecule has 1 unspecified atom stereocenters. The van der Waals surface area contributed by atoms with E-state index in [9.17, 15) is 9.59 Å². The van der Waals surface area contributed by atoms with Gasteiger partial charge in [-0.25, -0.2) is 4.98 Å². The number of amides is 1. The molecule has 2 aromatic carbocycles. The van der Waals surface area contributed by atoms with Gasteiger partial charge in [0, 0.05) is 9.85 Å². The number of methoxy groups -OCH3 is 3. The highest BCUT2D eigenvalue weighted by molar-refractivity contribution is 9.10. The lowest BCUT2D eigenvalue weighted by molar-refractivity contribution is 0.0971. The minimum absolute atomic E-state index is 0.00794. The van der Waals surface area contributed by atoms with Gasteiger partial charge in [-0.15, -0.1) is 11.3 Å². The topological polar surface area (TPSA) is 91.1 Å². The Labute approximate surface area is 206 Å². The van der Waals surface area contributed by atoms with Crippen LogP contribution in [0.25, 0.3) is 11.0 Å². The second-order valence-corrected chi connectivity index (χ2v) is 9.37. The van der Waals surface area contributed by atoms with Gasteiger partial charge in [0.15, 0.2) is 22.1 Å². The summed E-state index contributed by atoms with van der Waals surface area (Å²) in [6.07, 6.45) is 0. The first kappa shape index (κ1) is 22.4. The van der Waals surface area contributed by atoms with E-state index in [0.717, 1.165) is 10.2 Å². The summed E-state index contributed by atoms with van der Waals surface area (Å²) in [5, 5.41) is 2.67. The molecule has 1 aliphatic heterocycles. The molecule has 4 aromatic rings. The number of aryl methyl sites for hydroxylation is 1. The maximum Gasteiger partial charge on any atom is 0.297 e. The summed E-state index contributed by atoms with van der Waals surface area (Å²) in [5.41, 5.74) is 1.64. The van der Waals surface area contributed by atoms with Crippen molar-refractivity contribution in [3.05, 3.63) is 73.0 Å². The number of benzene rings is 2. The molecule has 0 fully saturated rings. The SMILES string of the molecule is COc1cc(C2c3c(oc4ccc(Br)cc4c3=O)C(=O)N2c2nc(C)cs2)cc(OC)c1OC. The van der Waals surface area contributed by atoms with E-state index in [1.165, 1.54) is 37.6 Å². The number of anilines is 1. The third kappa shape index (κ3) is 3.36. The van der Waals surface area contributed by atoms with Gasteiger partial charge in [0.2, 0.25) is 11.5 Å². The van der Waals surface area contributed by atoms with E-state index < -0.39 is 11.9 Å². The molecule has 174 valence electrons. The molecular formula is C24H19BrN2O6S. The van der Waals surface area contributed by atoms with Crippen LogP contribution in [-0.2, 0) is 0 Å². The number of fused-ring (bicyclic) bond motifs is 2. The van der Waals surface area contributed by atoms with E-state index >= 15 is 0 Å². The average molecular weight is 543 g/mol. The van der Waals surface area contributed by atoms with E-state index in [4.69, 9.17) is 18.6 Å². The van der Waals surface area contributed by atoms with Crippen molar-refractivity contribution in [2.45, 2.75) is 13.0 Å². The second-order valence-electron chi connectivity index (χ2n) is 7.62. The van der Waals surface area contributed by atoms with E-state index in [-0.39, 0.29) is 16.8 Å². The van der Waals surface area contributed by atoms with Gasteiger partial charge in [-0.2, -0.15) is 0 Å². The fraction of sp³-hybridized carbons (Fsp3) is 0.208. The fourth-order valence-corrected chi connectivity index (χ4v) is 5.36. The minimum atomic E-state index is -0.804. The Balaban J connectivity index is 1.84. The normalized spacial score (nSPS) is 15.0. The minimum Gasteiger partial charge on any atom is -0.493 e. The lowest BCUT2D eigenvalue weighted by Crippen LogP contribution is -2.29. The maximum absolute atomic E-state index is 13.8. The Hall–Kier alpha value is -3.37. The lowest BCUT2D eigenvalue weighted by Gasteiger charge is -2.24. The number of ether oxygens (including phenoxy) is 3. The van der Waals surface area contributed by atoms with Crippen molar-refractivity contribution in [3.63, 3.8) is 0 Å². The highest BCUT2D eigenvalue weighted by Crippen LogP contribution is 2.46. The summed E-state index contributed by atoms with van der Waals surface area (Å²) in [6.45, 7) is 1.84. The van der Waals surface area contributed by atoms with Gasteiger partial charge in [-0.3, -0.25) is 14.5 Å². The van der Waals surface area contributed by atoms with Crippen LogP contribution in [0.15, 0.2) is 49.4 Å². The number of halogens is 1. The Kier molecular flexibility index (Phi) is 5.57. The summed E-state index contributed by atoms with van der Waals surface area (Å²) < 4.78 is 23.2. The van der Waals surface area contributed by atoms with Crippen LogP contribution >= 0.6 is 27.3 Å². The lowest BCUT2D eigenvalue weighted by atomic mass is 9.98. The number of carbonyl (C=O) groups excluding carboxylic acids is 1. The van der Waals surface area contributed by atoms with Gasteiger partial charge < -0.3 is 18.6 Å². The molecule has 0 saturated heterocycles. The summed E-state index contributed by atoms with van der Waals surface area (Å²) in [6, 6.07) is 7.77. The Morgan fingerprint density at radius 3 is 2.35 bits per heavy atom. The third-order valence-electron chi connectivity index (χ3n) is 5.65. The van der Waals surface area contributed by atoms with Crippen molar-refractivity contribution >= 4 is 49.3 Å². The van der Waals surface area contributed by atoms with Gasteiger partial charge >= 0.3 is 0 Å². The van der Waals surface area contributed by atoms with Gasteiger partial charge in [-0.1, -0.05) is 15.9 Å². The molecule has 5 rings (SSSR count). The van der Waals surface area contributed by atoms with Crippen LogP contribution in [0.4, 0.5) is 5.13 Å². The molecule has 1 aliphatic rings. The van der Waals surface area contributed by atoms with Gasteiger partial charge in [0.1, 0.15) is 5.58 Å². The van der Waals surface area contributed by atoms with Gasteiger partial charge in [0.05, 0.1) is 44.0 Å². The van der Waals surface area contributed by atoms with Crippen molar-refractivity contribution in [1.82, 2.24) is 4.98 Å². The number of carbonyl (C=O) groups is 1. The third-order valence-corrected chi connectivity index (χ3v) is 7.10. The molecule has 0 radical (unpaired) electrons.